The molecule has 2 heteroatoms. The van der Waals surface area contributed by atoms with Crippen LogP contribution in [-0.4, -0.2) is 6.54 Å². The van der Waals surface area contributed by atoms with Gasteiger partial charge in [0.2, 0.25) is 0 Å². The Morgan fingerprint density at radius 2 is 1.67 bits per heavy atom. The Morgan fingerprint density at radius 1 is 1.00 bits per heavy atom. The fourth-order valence-electron chi connectivity index (χ4n) is 1.90. The van der Waals surface area contributed by atoms with E-state index in [1.165, 1.54) is 11.1 Å². The highest BCUT2D eigenvalue weighted by molar-refractivity contribution is 6.30. The zero-order valence-electron chi connectivity index (χ0n) is 10.8. The van der Waals surface area contributed by atoms with Crippen LogP contribution in [0.4, 0.5) is 0 Å². The summed E-state index contributed by atoms with van der Waals surface area (Å²) < 4.78 is 0. The third-order valence-corrected chi connectivity index (χ3v) is 3.57. The van der Waals surface area contributed by atoms with Gasteiger partial charge in [0.25, 0.3) is 0 Å². The maximum absolute atomic E-state index is 6.00. The van der Waals surface area contributed by atoms with Gasteiger partial charge in [0.15, 0.2) is 0 Å². The lowest BCUT2D eigenvalue weighted by Crippen LogP contribution is -2.27. The number of rotatable bonds is 3. The molecule has 1 nitrogen and oxygen atoms in total. The van der Waals surface area contributed by atoms with E-state index in [1.54, 1.807) is 0 Å². The number of halogens is 1. The molecule has 0 atom stereocenters. The molecule has 0 aliphatic rings. The van der Waals surface area contributed by atoms with E-state index in [4.69, 9.17) is 17.3 Å². The number of hydrogen-bond acceptors (Lipinski definition) is 1. The highest BCUT2D eigenvalue weighted by atomic mass is 35.5. The van der Waals surface area contributed by atoms with Gasteiger partial charge in [-0.1, -0.05) is 61.8 Å². The van der Waals surface area contributed by atoms with Crippen LogP contribution in [0, 0.1) is 0 Å². The van der Waals surface area contributed by atoms with Crippen LogP contribution < -0.4 is 5.73 Å². The van der Waals surface area contributed by atoms with E-state index < -0.39 is 0 Å². The Hall–Kier alpha value is -1.31. The molecule has 0 spiro atoms. The second-order valence-corrected chi connectivity index (χ2v) is 5.61. The van der Waals surface area contributed by atoms with E-state index in [9.17, 15) is 0 Å². The summed E-state index contributed by atoms with van der Waals surface area (Å²) in [7, 11) is 0. The topological polar surface area (TPSA) is 26.0 Å². The molecule has 0 radical (unpaired) electrons. The van der Waals surface area contributed by atoms with Gasteiger partial charge in [-0.05, 0) is 28.8 Å². The van der Waals surface area contributed by atoms with Crippen LogP contribution in [0.3, 0.4) is 0 Å². The predicted octanol–water partition coefficient (Wildman–Crippen LogP) is 4.24. The number of hydrogen-bond donors (Lipinski definition) is 1. The quantitative estimate of drug-likeness (QED) is 0.877. The molecule has 0 aliphatic carbocycles. The lowest BCUT2D eigenvalue weighted by molar-refractivity contribution is 0.539. The Balaban J connectivity index is 2.33. The van der Waals surface area contributed by atoms with E-state index in [1.807, 2.05) is 18.2 Å². The summed E-state index contributed by atoms with van der Waals surface area (Å²) in [5, 5.41) is 0.763. The molecule has 0 aromatic heterocycles. The molecule has 0 saturated heterocycles. The van der Waals surface area contributed by atoms with Crippen LogP contribution in [0.25, 0.3) is 11.1 Å². The minimum Gasteiger partial charge on any atom is -0.330 e. The van der Waals surface area contributed by atoms with E-state index >= 15 is 0 Å². The monoisotopic (exact) mass is 259 g/mol. The molecular weight excluding hydrogens is 242 g/mol. The minimum absolute atomic E-state index is 0.0207. The molecule has 0 amide bonds. The second kappa shape index (κ2) is 5.13. The Bertz CT molecular complexity index is 529. The molecule has 0 saturated carbocycles. The SMILES string of the molecule is CC(C)(CN)c1ccc(-c2cccc(Cl)c2)cc1. The van der Waals surface area contributed by atoms with Gasteiger partial charge in [-0.3, -0.25) is 0 Å². The van der Waals surface area contributed by atoms with Gasteiger partial charge in [-0.15, -0.1) is 0 Å². The lowest BCUT2D eigenvalue weighted by atomic mass is 9.84. The van der Waals surface area contributed by atoms with Gasteiger partial charge < -0.3 is 5.73 Å². The van der Waals surface area contributed by atoms with Crippen LogP contribution in [-0.2, 0) is 5.41 Å². The van der Waals surface area contributed by atoms with Gasteiger partial charge >= 0.3 is 0 Å². The van der Waals surface area contributed by atoms with Gasteiger partial charge in [0, 0.05) is 17.0 Å². The van der Waals surface area contributed by atoms with Crippen molar-refractivity contribution in [3.8, 4) is 11.1 Å². The van der Waals surface area contributed by atoms with Crippen molar-refractivity contribution in [1.29, 1.82) is 0 Å². The Labute approximate surface area is 114 Å². The first-order valence-electron chi connectivity index (χ1n) is 6.09. The summed E-state index contributed by atoms with van der Waals surface area (Å²) in [5.41, 5.74) is 9.38. The van der Waals surface area contributed by atoms with Gasteiger partial charge in [-0.2, -0.15) is 0 Å². The molecule has 2 rings (SSSR count). The third kappa shape index (κ3) is 2.74. The van der Waals surface area contributed by atoms with Crippen molar-refractivity contribution >= 4 is 11.6 Å². The smallest absolute Gasteiger partial charge is 0.0412 e. The zero-order valence-corrected chi connectivity index (χ0v) is 11.5. The zero-order chi connectivity index (χ0) is 13.2. The molecule has 94 valence electrons. The molecule has 0 unspecified atom stereocenters. The average molecular weight is 260 g/mol. The van der Waals surface area contributed by atoms with Crippen LogP contribution in [0.5, 0.6) is 0 Å². The Morgan fingerprint density at radius 3 is 2.22 bits per heavy atom. The van der Waals surface area contributed by atoms with Crippen molar-refractivity contribution < 1.29 is 0 Å². The first-order valence-corrected chi connectivity index (χ1v) is 6.47. The maximum atomic E-state index is 6.00. The normalized spacial score (nSPS) is 11.6. The summed E-state index contributed by atoms with van der Waals surface area (Å²) in [5.74, 6) is 0. The predicted molar refractivity (Wildman–Crippen MR) is 79.0 cm³/mol. The van der Waals surface area contributed by atoms with Crippen molar-refractivity contribution in [1.82, 2.24) is 0 Å². The Kier molecular flexibility index (Phi) is 3.74. The summed E-state index contributed by atoms with van der Waals surface area (Å²) >= 11 is 6.00. The molecule has 18 heavy (non-hydrogen) atoms. The number of benzene rings is 2. The summed E-state index contributed by atoms with van der Waals surface area (Å²) in [6.07, 6.45) is 0. The third-order valence-electron chi connectivity index (χ3n) is 3.33. The fraction of sp³-hybridized carbons (Fsp3) is 0.250. The first kappa shape index (κ1) is 13.1. The maximum Gasteiger partial charge on any atom is 0.0412 e. The van der Waals surface area contributed by atoms with Crippen molar-refractivity contribution in [2.75, 3.05) is 6.54 Å². The van der Waals surface area contributed by atoms with E-state index in [0.29, 0.717) is 6.54 Å². The minimum atomic E-state index is 0.0207. The standard InChI is InChI=1S/C16H18ClN/c1-16(2,11-18)14-8-6-12(7-9-14)13-4-3-5-15(17)10-13/h3-10H,11,18H2,1-2H3. The lowest BCUT2D eigenvalue weighted by Gasteiger charge is -2.23. The molecule has 0 bridgehead atoms. The van der Waals surface area contributed by atoms with Gasteiger partial charge in [0.1, 0.15) is 0 Å². The highest BCUT2D eigenvalue weighted by Crippen LogP contribution is 2.27. The molecule has 0 heterocycles. The molecule has 0 fully saturated rings. The average Bonchev–Trinajstić information content (AvgIpc) is 2.39. The van der Waals surface area contributed by atoms with Crippen molar-refractivity contribution in [2.45, 2.75) is 19.3 Å². The highest BCUT2D eigenvalue weighted by Gasteiger charge is 2.17. The van der Waals surface area contributed by atoms with E-state index in [0.717, 1.165) is 10.6 Å². The van der Waals surface area contributed by atoms with E-state index in [2.05, 4.69) is 44.2 Å². The first-order chi connectivity index (χ1) is 8.53. The fourth-order valence-corrected chi connectivity index (χ4v) is 2.09. The van der Waals surface area contributed by atoms with Gasteiger partial charge in [-0.25, -0.2) is 0 Å². The van der Waals surface area contributed by atoms with Crippen LogP contribution >= 0.6 is 11.6 Å². The molecular formula is C16H18ClN. The molecule has 2 N–H and O–H groups in total. The largest absolute Gasteiger partial charge is 0.330 e. The second-order valence-electron chi connectivity index (χ2n) is 5.18. The van der Waals surface area contributed by atoms with Crippen molar-refractivity contribution in [3.05, 3.63) is 59.1 Å². The number of nitrogens with two attached hydrogens (primary N) is 1. The summed E-state index contributed by atoms with van der Waals surface area (Å²) in [6.45, 7) is 4.95. The van der Waals surface area contributed by atoms with Gasteiger partial charge in [0.05, 0.1) is 0 Å². The van der Waals surface area contributed by atoms with Crippen LogP contribution in [0.2, 0.25) is 5.02 Å². The van der Waals surface area contributed by atoms with Crippen LogP contribution in [0.1, 0.15) is 19.4 Å². The van der Waals surface area contributed by atoms with Crippen molar-refractivity contribution in [3.63, 3.8) is 0 Å². The molecule has 2 aromatic rings. The van der Waals surface area contributed by atoms with Crippen molar-refractivity contribution in [2.24, 2.45) is 5.73 Å². The summed E-state index contributed by atoms with van der Waals surface area (Å²) in [4.78, 5) is 0. The molecule has 0 aliphatic heterocycles. The van der Waals surface area contributed by atoms with Crippen LogP contribution in [0.15, 0.2) is 48.5 Å². The van der Waals surface area contributed by atoms with E-state index in [-0.39, 0.29) is 5.41 Å². The molecule has 2 aromatic carbocycles. The summed E-state index contributed by atoms with van der Waals surface area (Å²) in [6, 6.07) is 16.4.